The smallest absolute Gasteiger partial charge is 0.0630 e. The second kappa shape index (κ2) is 6.29. The molecule has 0 spiro atoms. The van der Waals surface area contributed by atoms with Crippen molar-refractivity contribution in [3.63, 3.8) is 0 Å². The monoisotopic (exact) mass is 462 g/mol. The summed E-state index contributed by atoms with van der Waals surface area (Å²) in [4.78, 5) is 4.16. The summed E-state index contributed by atoms with van der Waals surface area (Å²) in [5.74, 6) is -0.928. The standard InChI is InChI=1S/C16H11F2N2.Ir/c1-11-4-2-3-5-15(11)20-9-8-19-16(20)13-7-6-12(17)10-14(13)18;/h2-6,8-10H,1H3;/q-1;. The molecule has 0 aliphatic heterocycles. The van der Waals surface area contributed by atoms with Crippen LogP contribution < -0.4 is 0 Å². The average molecular weight is 461 g/mol. The second-order valence-corrected chi connectivity index (χ2v) is 4.45. The molecule has 2 aromatic carbocycles. The van der Waals surface area contributed by atoms with Crippen molar-refractivity contribution in [2.24, 2.45) is 0 Å². The maximum absolute atomic E-state index is 13.9. The molecule has 1 radical (unpaired) electrons. The van der Waals surface area contributed by atoms with Gasteiger partial charge in [0, 0.05) is 49.8 Å². The van der Waals surface area contributed by atoms with E-state index in [4.69, 9.17) is 0 Å². The van der Waals surface area contributed by atoms with Crippen molar-refractivity contribution in [1.82, 2.24) is 9.55 Å². The molecule has 2 nitrogen and oxygen atoms in total. The molecule has 0 fully saturated rings. The van der Waals surface area contributed by atoms with Crippen molar-refractivity contribution in [2.75, 3.05) is 0 Å². The Balaban J connectivity index is 0.00000161. The summed E-state index contributed by atoms with van der Waals surface area (Å²) in [6.45, 7) is 1.96. The fourth-order valence-corrected chi connectivity index (χ4v) is 2.13. The van der Waals surface area contributed by atoms with E-state index in [-0.39, 0.29) is 25.7 Å². The first kappa shape index (κ1) is 15.5. The summed E-state index contributed by atoms with van der Waals surface area (Å²) in [7, 11) is 0. The van der Waals surface area contributed by atoms with Crippen LogP contribution in [0.2, 0.25) is 0 Å². The zero-order valence-corrected chi connectivity index (χ0v) is 13.5. The molecular weight excluding hydrogens is 450 g/mol. The number of benzene rings is 2. The Morgan fingerprint density at radius 3 is 2.67 bits per heavy atom. The molecule has 0 aliphatic carbocycles. The Hall–Kier alpha value is -1.84. The molecule has 0 amide bonds. The van der Waals surface area contributed by atoms with E-state index in [1.165, 1.54) is 0 Å². The number of halogens is 2. The quantitative estimate of drug-likeness (QED) is 0.529. The molecule has 0 aliphatic rings. The third-order valence-electron chi connectivity index (χ3n) is 3.10. The Morgan fingerprint density at radius 2 is 1.95 bits per heavy atom. The van der Waals surface area contributed by atoms with E-state index in [1.54, 1.807) is 17.0 Å². The first-order valence-corrected chi connectivity index (χ1v) is 6.13. The maximum atomic E-state index is 13.9. The molecule has 0 saturated carbocycles. The summed E-state index contributed by atoms with van der Waals surface area (Å²) >= 11 is 0. The SMILES string of the molecule is Cc1ccccc1-n1ccnc1-c1[c-]cc(F)cc1F.[Ir]. The summed E-state index contributed by atoms with van der Waals surface area (Å²) in [5, 5.41) is 0. The van der Waals surface area contributed by atoms with Crippen molar-refractivity contribution in [3.05, 3.63) is 72.1 Å². The summed E-state index contributed by atoms with van der Waals surface area (Å²) < 4.78 is 28.6. The van der Waals surface area contributed by atoms with Crippen LogP contribution >= 0.6 is 0 Å². The van der Waals surface area contributed by atoms with Gasteiger partial charge in [-0.1, -0.05) is 29.8 Å². The second-order valence-electron chi connectivity index (χ2n) is 4.45. The van der Waals surface area contributed by atoms with Crippen molar-refractivity contribution in [1.29, 1.82) is 0 Å². The van der Waals surface area contributed by atoms with Gasteiger partial charge < -0.3 is 4.57 Å². The minimum Gasteiger partial charge on any atom is -0.340 e. The van der Waals surface area contributed by atoms with Crippen molar-refractivity contribution in [2.45, 2.75) is 6.92 Å². The van der Waals surface area contributed by atoms with Gasteiger partial charge >= 0.3 is 0 Å². The van der Waals surface area contributed by atoms with Gasteiger partial charge in [-0.2, -0.15) is 0 Å². The van der Waals surface area contributed by atoms with Gasteiger partial charge in [0.2, 0.25) is 0 Å². The van der Waals surface area contributed by atoms with E-state index in [1.807, 2.05) is 31.2 Å². The normalized spacial score (nSPS) is 10.2. The first-order chi connectivity index (χ1) is 9.66. The minimum absolute atomic E-state index is 0. The zero-order valence-electron chi connectivity index (χ0n) is 11.1. The fraction of sp³-hybridized carbons (Fsp3) is 0.0625. The summed E-state index contributed by atoms with van der Waals surface area (Å²) in [5.41, 5.74) is 2.09. The van der Waals surface area contributed by atoms with E-state index in [9.17, 15) is 8.78 Å². The molecule has 1 heterocycles. The van der Waals surface area contributed by atoms with Gasteiger partial charge in [-0.25, -0.2) is 0 Å². The summed E-state index contributed by atoms with van der Waals surface area (Å²) in [6.07, 6.45) is 3.33. The van der Waals surface area contributed by atoms with E-state index < -0.39 is 11.6 Å². The Bertz CT molecular complexity index is 768. The van der Waals surface area contributed by atoms with Gasteiger partial charge in [0.05, 0.1) is 5.82 Å². The largest absolute Gasteiger partial charge is 0.340 e. The molecule has 0 unspecified atom stereocenters. The third-order valence-corrected chi connectivity index (χ3v) is 3.10. The number of aromatic nitrogens is 2. The van der Waals surface area contributed by atoms with E-state index in [0.717, 1.165) is 23.4 Å². The van der Waals surface area contributed by atoms with Crippen LogP contribution in [-0.2, 0) is 20.1 Å². The van der Waals surface area contributed by atoms with Crippen LogP contribution in [0.4, 0.5) is 8.78 Å². The first-order valence-electron chi connectivity index (χ1n) is 6.13. The zero-order chi connectivity index (χ0) is 14.1. The van der Waals surface area contributed by atoms with Gasteiger partial charge in [-0.3, -0.25) is 13.8 Å². The molecule has 21 heavy (non-hydrogen) atoms. The van der Waals surface area contributed by atoms with Crippen LogP contribution in [0.3, 0.4) is 0 Å². The van der Waals surface area contributed by atoms with Crippen LogP contribution in [0, 0.1) is 24.6 Å². The van der Waals surface area contributed by atoms with E-state index in [2.05, 4.69) is 11.1 Å². The molecule has 0 N–H and O–H groups in total. The molecule has 3 rings (SSSR count). The topological polar surface area (TPSA) is 17.8 Å². The van der Waals surface area contributed by atoms with Gasteiger partial charge in [-0.05, 0) is 18.6 Å². The molecule has 5 heteroatoms. The van der Waals surface area contributed by atoms with Crippen molar-refractivity contribution in [3.8, 4) is 17.1 Å². The molecule has 0 atom stereocenters. The third kappa shape index (κ3) is 2.94. The molecule has 1 aromatic heterocycles. The number of para-hydroxylation sites is 1. The number of hydrogen-bond acceptors (Lipinski definition) is 1. The van der Waals surface area contributed by atoms with Crippen LogP contribution in [0.1, 0.15) is 5.56 Å². The Morgan fingerprint density at radius 1 is 1.19 bits per heavy atom. The fourth-order valence-electron chi connectivity index (χ4n) is 2.13. The average Bonchev–Trinajstić information content (AvgIpc) is 2.88. The summed E-state index contributed by atoms with van der Waals surface area (Å²) in [6, 6.07) is 12.3. The van der Waals surface area contributed by atoms with Crippen LogP contribution in [0.25, 0.3) is 17.1 Å². The van der Waals surface area contributed by atoms with Gasteiger partial charge in [0.25, 0.3) is 0 Å². The molecule has 0 bridgehead atoms. The number of aryl methyl sites for hydroxylation is 1. The predicted octanol–water partition coefficient (Wildman–Crippen LogP) is 3.92. The van der Waals surface area contributed by atoms with E-state index >= 15 is 0 Å². The maximum Gasteiger partial charge on any atom is 0.0630 e. The predicted molar refractivity (Wildman–Crippen MR) is 72.5 cm³/mol. The van der Waals surface area contributed by atoms with E-state index in [0.29, 0.717) is 5.82 Å². The molecule has 0 saturated heterocycles. The number of imidazole rings is 1. The Labute approximate surface area is 134 Å². The number of nitrogens with zero attached hydrogens (tertiary/aromatic N) is 2. The van der Waals surface area contributed by atoms with Crippen LogP contribution in [0.5, 0.6) is 0 Å². The Kier molecular flexibility index (Phi) is 4.66. The molecular formula is C16H11F2IrN2-. The number of rotatable bonds is 2. The molecule has 3 aromatic rings. The molecule has 109 valence electrons. The van der Waals surface area contributed by atoms with Gasteiger partial charge in [-0.15, -0.1) is 12.1 Å². The van der Waals surface area contributed by atoms with Gasteiger partial charge in [0.15, 0.2) is 0 Å². The van der Waals surface area contributed by atoms with Gasteiger partial charge in [0.1, 0.15) is 0 Å². The van der Waals surface area contributed by atoms with Crippen LogP contribution in [0.15, 0.2) is 48.8 Å². The van der Waals surface area contributed by atoms with Crippen LogP contribution in [-0.4, -0.2) is 9.55 Å². The minimum atomic E-state index is -0.675. The number of hydrogen-bond donors (Lipinski definition) is 0. The van der Waals surface area contributed by atoms with Crippen molar-refractivity contribution >= 4 is 0 Å². The van der Waals surface area contributed by atoms with Crippen molar-refractivity contribution < 1.29 is 28.9 Å².